The number of hydrogen-bond donors (Lipinski definition) is 6. The fourth-order valence-corrected chi connectivity index (χ4v) is 1.89. The molecule has 24 heavy (non-hydrogen) atoms. The van der Waals surface area contributed by atoms with E-state index in [0.717, 1.165) is 6.42 Å². The molecule has 0 heterocycles. The summed E-state index contributed by atoms with van der Waals surface area (Å²) in [5.41, 5.74) is 5.77. The van der Waals surface area contributed by atoms with Gasteiger partial charge in [0, 0.05) is 5.75 Å². The number of nitrogens with one attached hydrogen (secondary N) is 3. The maximum absolute atomic E-state index is 11.9. The molecule has 0 spiro atoms. The Morgan fingerprint density at radius 3 is 2.17 bits per heavy atom. The lowest BCUT2D eigenvalue weighted by Gasteiger charge is -2.20. The van der Waals surface area contributed by atoms with Crippen LogP contribution < -0.4 is 21.7 Å². The van der Waals surface area contributed by atoms with Crippen molar-refractivity contribution < 1.29 is 24.3 Å². The van der Waals surface area contributed by atoms with Crippen molar-refractivity contribution in [3.63, 3.8) is 0 Å². The van der Waals surface area contributed by atoms with Gasteiger partial charge >= 0.3 is 5.97 Å². The van der Waals surface area contributed by atoms with Crippen LogP contribution in [-0.2, 0) is 19.2 Å². The minimum absolute atomic E-state index is 0.0276. The van der Waals surface area contributed by atoms with Crippen LogP contribution in [0.25, 0.3) is 0 Å². The van der Waals surface area contributed by atoms with Crippen molar-refractivity contribution in [1.82, 2.24) is 16.0 Å². The third-order valence-corrected chi connectivity index (χ3v) is 3.92. The lowest BCUT2D eigenvalue weighted by atomic mass is 9.99. The van der Waals surface area contributed by atoms with Crippen LogP contribution >= 0.6 is 12.6 Å². The molecule has 6 N–H and O–H groups in total. The fraction of sp³-hybridized carbons (Fsp3) is 0.714. The van der Waals surface area contributed by atoms with E-state index in [4.69, 9.17) is 10.8 Å². The van der Waals surface area contributed by atoms with Crippen molar-refractivity contribution in [1.29, 1.82) is 0 Å². The minimum Gasteiger partial charge on any atom is -0.480 e. The van der Waals surface area contributed by atoms with Gasteiger partial charge in [-0.2, -0.15) is 12.6 Å². The third kappa shape index (κ3) is 7.64. The number of carboxylic acid groups (broad SMARTS) is 1. The molecule has 4 unspecified atom stereocenters. The van der Waals surface area contributed by atoms with E-state index in [-0.39, 0.29) is 11.7 Å². The van der Waals surface area contributed by atoms with Crippen molar-refractivity contribution in [3.05, 3.63) is 0 Å². The fourth-order valence-electron chi connectivity index (χ4n) is 1.64. The number of aliphatic carboxylic acids is 1. The van der Waals surface area contributed by atoms with E-state index in [1.54, 1.807) is 0 Å². The van der Waals surface area contributed by atoms with Gasteiger partial charge in [-0.1, -0.05) is 20.3 Å². The average molecular weight is 362 g/mol. The Bertz CT molecular complexity index is 474. The SMILES string of the molecule is CCC(C)C(N)C(=O)NC(C)C(=O)NCC(=O)NC(CS)C(=O)O. The summed E-state index contributed by atoms with van der Waals surface area (Å²) in [6.07, 6.45) is 0.727. The number of rotatable bonds is 10. The average Bonchev–Trinajstić information content (AvgIpc) is 2.55. The lowest BCUT2D eigenvalue weighted by Crippen LogP contribution is -2.53. The summed E-state index contributed by atoms with van der Waals surface area (Å²) in [6, 6.07) is -2.73. The lowest BCUT2D eigenvalue weighted by molar-refractivity contribution is -0.141. The minimum atomic E-state index is -1.22. The number of nitrogens with two attached hydrogens (primary N) is 1. The first kappa shape index (κ1) is 22.2. The summed E-state index contributed by atoms with van der Waals surface area (Å²) in [4.78, 5) is 46.1. The van der Waals surface area contributed by atoms with Gasteiger partial charge in [0.05, 0.1) is 12.6 Å². The van der Waals surface area contributed by atoms with Gasteiger partial charge in [-0.25, -0.2) is 4.79 Å². The maximum atomic E-state index is 11.9. The van der Waals surface area contributed by atoms with Crippen LogP contribution in [0.3, 0.4) is 0 Å². The van der Waals surface area contributed by atoms with Crippen LogP contribution in [0.15, 0.2) is 0 Å². The molecule has 0 aromatic rings. The number of carbonyl (C=O) groups is 4. The molecule has 0 rings (SSSR count). The second kappa shape index (κ2) is 10.9. The molecule has 3 amide bonds. The molecule has 0 saturated carbocycles. The Morgan fingerprint density at radius 2 is 1.71 bits per heavy atom. The van der Waals surface area contributed by atoms with Crippen molar-refractivity contribution >= 4 is 36.3 Å². The zero-order valence-electron chi connectivity index (χ0n) is 14.0. The van der Waals surface area contributed by atoms with Gasteiger partial charge in [0.25, 0.3) is 0 Å². The van der Waals surface area contributed by atoms with Crippen molar-refractivity contribution in [2.75, 3.05) is 12.3 Å². The zero-order chi connectivity index (χ0) is 18.9. The number of amides is 3. The summed E-state index contributed by atoms with van der Waals surface area (Å²) in [5, 5.41) is 15.8. The number of thiol groups is 1. The highest BCUT2D eigenvalue weighted by Crippen LogP contribution is 2.05. The summed E-state index contributed by atoms with van der Waals surface area (Å²) in [7, 11) is 0. The number of carbonyl (C=O) groups excluding carboxylic acids is 3. The molecule has 0 aliphatic rings. The topological polar surface area (TPSA) is 151 Å². The molecule has 0 saturated heterocycles. The Morgan fingerprint density at radius 1 is 1.12 bits per heavy atom. The quantitative estimate of drug-likeness (QED) is 0.260. The van der Waals surface area contributed by atoms with Gasteiger partial charge in [0.2, 0.25) is 17.7 Å². The van der Waals surface area contributed by atoms with Crippen LogP contribution in [0.5, 0.6) is 0 Å². The normalized spacial score (nSPS) is 15.5. The monoisotopic (exact) mass is 362 g/mol. The second-order valence-electron chi connectivity index (χ2n) is 5.50. The van der Waals surface area contributed by atoms with Gasteiger partial charge in [-0.15, -0.1) is 0 Å². The Balaban J connectivity index is 4.34. The molecule has 0 aliphatic carbocycles. The van der Waals surface area contributed by atoms with E-state index < -0.39 is 48.4 Å². The smallest absolute Gasteiger partial charge is 0.327 e. The van der Waals surface area contributed by atoms with Crippen LogP contribution in [0.2, 0.25) is 0 Å². The Kier molecular flexibility index (Phi) is 10.0. The molecule has 0 radical (unpaired) electrons. The maximum Gasteiger partial charge on any atom is 0.327 e. The molecule has 10 heteroatoms. The number of hydrogen-bond acceptors (Lipinski definition) is 6. The molecule has 0 aromatic carbocycles. The van der Waals surface area contributed by atoms with E-state index in [0.29, 0.717) is 0 Å². The Hall–Kier alpha value is -1.81. The van der Waals surface area contributed by atoms with E-state index in [1.807, 2.05) is 13.8 Å². The molecule has 0 aromatic heterocycles. The third-order valence-electron chi connectivity index (χ3n) is 3.55. The van der Waals surface area contributed by atoms with Gasteiger partial charge < -0.3 is 26.8 Å². The molecule has 0 fully saturated rings. The summed E-state index contributed by atoms with van der Waals surface area (Å²) < 4.78 is 0. The van der Waals surface area contributed by atoms with E-state index >= 15 is 0 Å². The molecular formula is C14H26N4O5S. The first-order valence-electron chi connectivity index (χ1n) is 7.60. The largest absolute Gasteiger partial charge is 0.480 e. The van der Waals surface area contributed by atoms with Crippen LogP contribution in [0.4, 0.5) is 0 Å². The van der Waals surface area contributed by atoms with Gasteiger partial charge in [-0.3, -0.25) is 14.4 Å². The van der Waals surface area contributed by atoms with Crippen molar-refractivity contribution in [2.24, 2.45) is 11.7 Å². The van der Waals surface area contributed by atoms with Gasteiger partial charge in [0.1, 0.15) is 12.1 Å². The molecule has 0 aliphatic heterocycles. The van der Waals surface area contributed by atoms with E-state index in [2.05, 4.69) is 28.6 Å². The standard InChI is InChI=1S/C14H26N4O5S/c1-4-7(2)11(15)13(21)17-8(3)12(20)16-5-10(19)18-9(6-24)14(22)23/h7-9,11,24H,4-6,15H2,1-3H3,(H,16,20)(H,17,21)(H,18,19)(H,22,23). The summed E-state index contributed by atoms with van der Waals surface area (Å²) in [6.45, 7) is 4.79. The van der Waals surface area contributed by atoms with Crippen LogP contribution in [0, 0.1) is 5.92 Å². The highest BCUT2D eigenvalue weighted by molar-refractivity contribution is 7.80. The van der Waals surface area contributed by atoms with E-state index in [1.165, 1.54) is 6.92 Å². The highest BCUT2D eigenvalue weighted by atomic mass is 32.1. The predicted octanol–water partition coefficient (Wildman–Crippen LogP) is -1.52. The second-order valence-corrected chi connectivity index (χ2v) is 5.87. The van der Waals surface area contributed by atoms with Crippen LogP contribution in [-0.4, -0.2) is 59.2 Å². The van der Waals surface area contributed by atoms with Crippen molar-refractivity contribution in [3.8, 4) is 0 Å². The van der Waals surface area contributed by atoms with Gasteiger partial charge in [-0.05, 0) is 12.8 Å². The molecule has 0 bridgehead atoms. The Labute approximate surface area is 146 Å². The first-order valence-corrected chi connectivity index (χ1v) is 8.23. The molecule has 138 valence electrons. The zero-order valence-corrected chi connectivity index (χ0v) is 14.9. The highest BCUT2D eigenvalue weighted by Gasteiger charge is 2.24. The van der Waals surface area contributed by atoms with Gasteiger partial charge in [0.15, 0.2) is 0 Å². The number of carboxylic acids is 1. The summed E-state index contributed by atoms with van der Waals surface area (Å²) >= 11 is 3.81. The predicted molar refractivity (Wildman–Crippen MR) is 91.5 cm³/mol. The first-order chi connectivity index (χ1) is 11.1. The van der Waals surface area contributed by atoms with Crippen LogP contribution in [0.1, 0.15) is 27.2 Å². The molecule has 9 nitrogen and oxygen atoms in total. The summed E-state index contributed by atoms with van der Waals surface area (Å²) in [5.74, 6) is -3.01. The van der Waals surface area contributed by atoms with E-state index in [9.17, 15) is 19.2 Å². The van der Waals surface area contributed by atoms with Crippen molar-refractivity contribution in [2.45, 2.75) is 45.3 Å². The molecular weight excluding hydrogens is 336 g/mol. The molecule has 4 atom stereocenters.